The SMILES string of the molecule is CNC1CCOCC1Cc1ccc(Cl)s1. The molecule has 2 atom stereocenters. The first kappa shape index (κ1) is 11.4. The molecule has 1 saturated heterocycles. The Labute approximate surface area is 99.6 Å². The number of nitrogens with one attached hydrogen (secondary N) is 1. The van der Waals surface area contributed by atoms with E-state index in [1.54, 1.807) is 11.3 Å². The molecule has 0 bridgehead atoms. The van der Waals surface area contributed by atoms with Gasteiger partial charge in [0, 0.05) is 23.4 Å². The highest BCUT2D eigenvalue weighted by atomic mass is 35.5. The van der Waals surface area contributed by atoms with Gasteiger partial charge >= 0.3 is 0 Å². The average molecular weight is 246 g/mol. The molecule has 2 rings (SSSR count). The number of thiophene rings is 1. The van der Waals surface area contributed by atoms with Crippen molar-refractivity contribution in [2.75, 3.05) is 20.3 Å². The fraction of sp³-hybridized carbons (Fsp3) is 0.636. The summed E-state index contributed by atoms with van der Waals surface area (Å²) in [7, 11) is 2.03. The van der Waals surface area contributed by atoms with E-state index >= 15 is 0 Å². The normalized spacial score (nSPS) is 26.8. The third kappa shape index (κ3) is 2.94. The summed E-state index contributed by atoms with van der Waals surface area (Å²) < 4.78 is 6.40. The lowest BCUT2D eigenvalue weighted by Crippen LogP contribution is -2.41. The molecule has 2 heterocycles. The van der Waals surface area contributed by atoms with Gasteiger partial charge in [-0.15, -0.1) is 11.3 Å². The summed E-state index contributed by atoms with van der Waals surface area (Å²) in [4.78, 5) is 1.36. The van der Waals surface area contributed by atoms with E-state index in [1.807, 2.05) is 13.1 Å². The van der Waals surface area contributed by atoms with E-state index in [4.69, 9.17) is 16.3 Å². The van der Waals surface area contributed by atoms with Crippen LogP contribution in [0.4, 0.5) is 0 Å². The van der Waals surface area contributed by atoms with Crippen molar-refractivity contribution < 1.29 is 4.74 Å². The zero-order valence-corrected chi connectivity index (χ0v) is 10.4. The molecular weight excluding hydrogens is 230 g/mol. The van der Waals surface area contributed by atoms with Crippen LogP contribution < -0.4 is 5.32 Å². The summed E-state index contributed by atoms with van der Waals surface area (Å²) >= 11 is 7.60. The maximum absolute atomic E-state index is 5.92. The second-order valence-corrected chi connectivity index (χ2v) is 5.73. The third-order valence-electron chi connectivity index (χ3n) is 2.94. The van der Waals surface area contributed by atoms with Gasteiger partial charge in [0.15, 0.2) is 0 Å². The highest BCUT2D eigenvalue weighted by Gasteiger charge is 2.24. The molecule has 0 aromatic carbocycles. The number of hydrogen-bond acceptors (Lipinski definition) is 3. The molecule has 4 heteroatoms. The summed E-state index contributed by atoms with van der Waals surface area (Å²) in [6, 6.07) is 4.67. The van der Waals surface area contributed by atoms with E-state index in [1.165, 1.54) is 4.88 Å². The fourth-order valence-corrected chi connectivity index (χ4v) is 3.28. The Bertz CT molecular complexity index is 315. The van der Waals surface area contributed by atoms with Gasteiger partial charge in [0.25, 0.3) is 0 Å². The van der Waals surface area contributed by atoms with Crippen molar-refractivity contribution >= 4 is 22.9 Å². The molecule has 1 aliphatic heterocycles. The minimum atomic E-state index is 0.582. The van der Waals surface area contributed by atoms with Crippen molar-refractivity contribution in [3.05, 3.63) is 21.3 Å². The predicted octanol–water partition coefficient (Wildman–Crippen LogP) is 2.57. The maximum Gasteiger partial charge on any atom is 0.0931 e. The topological polar surface area (TPSA) is 21.3 Å². The Kier molecular flexibility index (Phi) is 4.03. The lowest BCUT2D eigenvalue weighted by atomic mass is 9.92. The minimum Gasteiger partial charge on any atom is -0.381 e. The van der Waals surface area contributed by atoms with Gasteiger partial charge in [-0.2, -0.15) is 0 Å². The van der Waals surface area contributed by atoms with Crippen LogP contribution in [0.5, 0.6) is 0 Å². The van der Waals surface area contributed by atoms with Crippen molar-refractivity contribution in [3.63, 3.8) is 0 Å². The monoisotopic (exact) mass is 245 g/mol. The lowest BCUT2D eigenvalue weighted by Gasteiger charge is -2.31. The molecule has 0 spiro atoms. The van der Waals surface area contributed by atoms with E-state index in [9.17, 15) is 0 Å². The third-order valence-corrected chi connectivity index (χ3v) is 4.19. The van der Waals surface area contributed by atoms with Gasteiger partial charge in [0.2, 0.25) is 0 Å². The smallest absolute Gasteiger partial charge is 0.0931 e. The molecule has 0 aliphatic carbocycles. The Hall–Kier alpha value is -0.0900. The highest BCUT2D eigenvalue weighted by Crippen LogP contribution is 2.26. The second kappa shape index (κ2) is 5.30. The molecule has 1 aromatic heterocycles. The van der Waals surface area contributed by atoms with Crippen LogP contribution in [0.25, 0.3) is 0 Å². The summed E-state index contributed by atoms with van der Waals surface area (Å²) in [5.74, 6) is 0.582. The molecule has 0 saturated carbocycles. The van der Waals surface area contributed by atoms with Gasteiger partial charge in [0.1, 0.15) is 0 Å². The van der Waals surface area contributed by atoms with Gasteiger partial charge in [-0.3, -0.25) is 0 Å². The van der Waals surface area contributed by atoms with Gasteiger partial charge in [-0.05, 0) is 32.0 Å². The van der Waals surface area contributed by atoms with Gasteiger partial charge in [-0.1, -0.05) is 11.6 Å². The standard InChI is InChI=1S/C11H16ClNOS/c1-13-10-4-5-14-7-8(10)6-9-2-3-11(12)15-9/h2-3,8,10,13H,4-7H2,1H3. The van der Waals surface area contributed by atoms with E-state index in [0.29, 0.717) is 12.0 Å². The van der Waals surface area contributed by atoms with Crippen LogP contribution in [0.1, 0.15) is 11.3 Å². The van der Waals surface area contributed by atoms with Crippen LogP contribution in [0.2, 0.25) is 4.34 Å². The number of hydrogen-bond donors (Lipinski definition) is 1. The number of halogens is 1. The number of ether oxygens (including phenoxy) is 1. The summed E-state index contributed by atoms with van der Waals surface area (Å²) in [6.45, 7) is 1.74. The molecular formula is C11H16ClNOS. The van der Waals surface area contributed by atoms with Crippen LogP contribution >= 0.6 is 22.9 Å². The Morgan fingerprint density at radius 2 is 2.47 bits per heavy atom. The maximum atomic E-state index is 5.92. The molecule has 1 N–H and O–H groups in total. The van der Waals surface area contributed by atoms with Crippen LogP contribution in [0.3, 0.4) is 0 Å². The van der Waals surface area contributed by atoms with E-state index < -0.39 is 0 Å². The molecule has 15 heavy (non-hydrogen) atoms. The fourth-order valence-electron chi connectivity index (χ4n) is 2.10. The van der Waals surface area contributed by atoms with Crippen molar-refractivity contribution in [3.8, 4) is 0 Å². The Morgan fingerprint density at radius 1 is 1.60 bits per heavy atom. The predicted molar refractivity (Wildman–Crippen MR) is 64.8 cm³/mol. The second-order valence-electron chi connectivity index (χ2n) is 3.93. The van der Waals surface area contributed by atoms with E-state index in [2.05, 4.69) is 11.4 Å². The quantitative estimate of drug-likeness (QED) is 0.884. The first-order valence-corrected chi connectivity index (χ1v) is 6.48. The molecule has 2 unspecified atom stereocenters. The number of rotatable bonds is 3. The summed E-state index contributed by atoms with van der Waals surface area (Å²) in [6.07, 6.45) is 2.18. The average Bonchev–Trinajstić information content (AvgIpc) is 2.65. The van der Waals surface area contributed by atoms with Crippen molar-refractivity contribution in [2.45, 2.75) is 18.9 Å². The lowest BCUT2D eigenvalue weighted by molar-refractivity contribution is 0.0345. The van der Waals surface area contributed by atoms with Gasteiger partial charge in [0.05, 0.1) is 10.9 Å². The van der Waals surface area contributed by atoms with Crippen LogP contribution in [-0.4, -0.2) is 26.3 Å². The molecule has 1 aromatic rings. The molecule has 0 amide bonds. The highest BCUT2D eigenvalue weighted by molar-refractivity contribution is 7.16. The summed E-state index contributed by atoms with van der Waals surface area (Å²) in [5.41, 5.74) is 0. The van der Waals surface area contributed by atoms with E-state index in [0.717, 1.165) is 30.4 Å². The van der Waals surface area contributed by atoms with Gasteiger partial charge < -0.3 is 10.1 Å². The molecule has 1 aliphatic rings. The van der Waals surface area contributed by atoms with Crippen LogP contribution in [0.15, 0.2) is 12.1 Å². The van der Waals surface area contributed by atoms with E-state index in [-0.39, 0.29) is 0 Å². The van der Waals surface area contributed by atoms with Crippen molar-refractivity contribution in [1.82, 2.24) is 5.32 Å². The molecule has 1 fully saturated rings. The van der Waals surface area contributed by atoms with Crippen molar-refractivity contribution in [2.24, 2.45) is 5.92 Å². The Balaban J connectivity index is 1.97. The summed E-state index contributed by atoms with van der Waals surface area (Å²) in [5, 5.41) is 3.37. The molecule has 84 valence electrons. The van der Waals surface area contributed by atoms with Crippen LogP contribution in [0, 0.1) is 5.92 Å². The molecule has 0 radical (unpaired) electrons. The van der Waals surface area contributed by atoms with Gasteiger partial charge in [-0.25, -0.2) is 0 Å². The van der Waals surface area contributed by atoms with Crippen LogP contribution in [-0.2, 0) is 11.2 Å². The zero-order chi connectivity index (χ0) is 10.7. The Morgan fingerprint density at radius 3 is 3.13 bits per heavy atom. The van der Waals surface area contributed by atoms with Crippen molar-refractivity contribution in [1.29, 1.82) is 0 Å². The zero-order valence-electron chi connectivity index (χ0n) is 8.83. The first-order valence-electron chi connectivity index (χ1n) is 5.29. The molecule has 2 nitrogen and oxygen atoms in total. The largest absolute Gasteiger partial charge is 0.381 e. The first-order chi connectivity index (χ1) is 7.29. The minimum absolute atomic E-state index is 0.582.